The molecule has 2 rings (SSSR count). The summed E-state index contributed by atoms with van der Waals surface area (Å²) in [5.74, 6) is -0.0330. The van der Waals surface area contributed by atoms with Gasteiger partial charge >= 0.3 is 0 Å². The zero-order valence-corrected chi connectivity index (χ0v) is 16.4. The molecule has 7 heteroatoms. The molecule has 0 radical (unpaired) electrons. The molecule has 0 spiro atoms. The van der Waals surface area contributed by atoms with E-state index < -0.39 is 10.0 Å². The minimum absolute atomic E-state index is 0.0330. The number of nitrogens with one attached hydrogen (secondary N) is 1. The molecular formula is C18H24N2O3S2. The van der Waals surface area contributed by atoms with E-state index in [1.165, 1.54) is 11.3 Å². The zero-order valence-electron chi connectivity index (χ0n) is 14.8. The highest BCUT2D eigenvalue weighted by Crippen LogP contribution is 2.26. The van der Waals surface area contributed by atoms with E-state index >= 15 is 0 Å². The molecule has 0 fully saturated rings. The smallest absolute Gasteiger partial charge is 0.261 e. The van der Waals surface area contributed by atoms with Crippen molar-refractivity contribution in [3.63, 3.8) is 0 Å². The van der Waals surface area contributed by atoms with Crippen molar-refractivity contribution in [3.8, 4) is 0 Å². The van der Waals surface area contributed by atoms with Crippen LogP contribution in [0.4, 0.5) is 5.69 Å². The van der Waals surface area contributed by atoms with Crippen LogP contribution in [0.1, 0.15) is 30.7 Å². The van der Waals surface area contributed by atoms with Gasteiger partial charge in [0.1, 0.15) is 0 Å². The van der Waals surface area contributed by atoms with Crippen molar-refractivity contribution in [3.05, 3.63) is 46.2 Å². The Bertz CT molecular complexity index is 811. The number of amides is 1. The molecule has 1 amide bonds. The monoisotopic (exact) mass is 380 g/mol. The normalized spacial score (nSPS) is 11.3. The molecule has 1 heterocycles. The van der Waals surface area contributed by atoms with Crippen molar-refractivity contribution in [2.45, 2.75) is 38.0 Å². The van der Waals surface area contributed by atoms with Crippen LogP contribution in [-0.4, -0.2) is 32.8 Å². The van der Waals surface area contributed by atoms with E-state index in [0.29, 0.717) is 12.2 Å². The van der Waals surface area contributed by atoms with Crippen molar-refractivity contribution in [1.29, 1.82) is 0 Å². The maximum absolute atomic E-state index is 12.6. The van der Waals surface area contributed by atoms with Crippen LogP contribution in [0.25, 0.3) is 0 Å². The Kier molecular flexibility index (Phi) is 6.61. The zero-order chi connectivity index (χ0) is 18.4. The average molecular weight is 381 g/mol. The molecule has 0 saturated heterocycles. The van der Waals surface area contributed by atoms with Gasteiger partial charge in [-0.15, -0.1) is 11.3 Å². The third-order valence-electron chi connectivity index (χ3n) is 3.97. The van der Waals surface area contributed by atoms with E-state index in [4.69, 9.17) is 0 Å². The first-order valence-corrected chi connectivity index (χ1v) is 10.7. The molecule has 0 aliphatic carbocycles. The highest BCUT2D eigenvalue weighted by Gasteiger charge is 2.18. The number of likely N-dealkylation sites (N-methyl/N-ethyl adjacent to an activating group) is 1. The van der Waals surface area contributed by atoms with Gasteiger partial charge in [0, 0.05) is 18.5 Å². The number of carbonyl (C=O) groups is 1. The standard InChI is InChI=1S/C18H24N2O3S2/c1-4-6-14-7-9-15(10-8-14)25(22,23)19-16-11-12-24-17(16)13-18(21)20(3)5-2/h7-12,19H,4-6,13H2,1-3H3. The van der Waals surface area contributed by atoms with Crippen molar-refractivity contribution in [2.75, 3.05) is 18.3 Å². The van der Waals surface area contributed by atoms with Crippen LogP contribution >= 0.6 is 11.3 Å². The second-order valence-electron chi connectivity index (χ2n) is 5.84. The molecule has 2 aromatic rings. The Balaban J connectivity index is 2.16. The van der Waals surface area contributed by atoms with Gasteiger partial charge in [0.2, 0.25) is 5.91 Å². The summed E-state index contributed by atoms with van der Waals surface area (Å²) in [6.45, 7) is 4.61. The Labute approximate surface area is 153 Å². The Morgan fingerprint density at radius 1 is 1.16 bits per heavy atom. The Hall–Kier alpha value is -1.86. The predicted molar refractivity (Wildman–Crippen MR) is 103 cm³/mol. The molecular weight excluding hydrogens is 356 g/mol. The van der Waals surface area contributed by atoms with Crippen molar-refractivity contribution < 1.29 is 13.2 Å². The first-order chi connectivity index (χ1) is 11.9. The van der Waals surface area contributed by atoms with Crippen LogP contribution in [0.5, 0.6) is 0 Å². The summed E-state index contributed by atoms with van der Waals surface area (Å²) in [6, 6.07) is 8.62. The second kappa shape index (κ2) is 8.49. The summed E-state index contributed by atoms with van der Waals surface area (Å²) in [5.41, 5.74) is 1.59. The third kappa shape index (κ3) is 5.06. The van der Waals surface area contributed by atoms with Crippen LogP contribution in [0.15, 0.2) is 40.6 Å². The van der Waals surface area contributed by atoms with Crippen LogP contribution in [0.2, 0.25) is 0 Å². The number of aryl methyl sites for hydroxylation is 1. The lowest BCUT2D eigenvalue weighted by atomic mass is 10.1. The summed E-state index contributed by atoms with van der Waals surface area (Å²) in [4.78, 5) is 14.6. The summed E-state index contributed by atoms with van der Waals surface area (Å²) in [5, 5.41) is 1.79. The fourth-order valence-corrected chi connectivity index (χ4v) is 4.32. The minimum atomic E-state index is -3.67. The molecule has 1 N–H and O–H groups in total. The number of thiophene rings is 1. The van der Waals surface area contributed by atoms with Crippen molar-refractivity contribution in [2.24, 2.45) is 0 Å². The van der Waals surface area contributed by atoms with Crippen molar-refractivity contribution in [1.82, 2.24) is 4.90 Å². The fraction of sp³-hybridized carbons (Fsp3) is 0.389. The van der Waals surface area contributed by atoms with Gasteiger partial charge in [-0.05, 0) is 42.5 Å². The fourth-order valence-electron chi connectivity index (χ4n) is 2.34. The number of carbonyl (C=O) groups excluding carboxylic acids is 1. The number of nitrogens with zero attached hydrogens (tertiary/aromatic N) is 1. The molecule has 0 unspecified atom stereocenters. The molecule has 0 aliphatic heterocycles. The third-order valence-corrected chi connectivity index (χ3v) is 6.28. The predicted octanol–water partition coefficient (Wildman–Crippen LogP) is 3.52. The number of hydrogen-bond donors (Lipinski definition) is 1. The summed E-state index contributed by atoms with van der Waals surface area (Å²) < 4.78 is 27.8. The van der Waals surface area contributed by atoms with Gasteiger partial charge in [-0.2, -0.15) is 0 Å². The number of hydrogen-bond acceptors (Lipinski definition) is 4. The van der Waals surface area contributed by atoms with Gasteiger partial charge in [0.05, 0.1) is 17.0 Å². The van der Waals surface area contributed by atoms with Gasteiger partial charge in [0.15, 0.2) is 0 Å². The summed E-state index contributed by atoms with van der Waals surface area (Å²) in [6.07, 6.45) is 2.13. The second-order valence-corrected chi connectivity index (χ2v) is 8.52. The molecule has 5 nitrogen and oxygen atoms in total. The SMILES string of the molecule is CCCc1ccc(S(=O)(=O)Nc2ccsc2CC(=O)N(C)CC)cc1. The van der Waals surface area contributed by atoms with E-state index in [9.17, 15) is 13.2 Å². The van der Waals surface area contributed by atoms with Crippen LogP contribution in [0, 0.1) is 0 Å². The van der Waals surface area contributed by atoms with Crippen LogP contribution in [0.3, 0.4) is 0 Å². The lowest BCUT2D eigenvalue weighted by molar-refractivity contribution is -0.128. The number of anilines is 1. The lowest BCUT2D eigenvalue weighted by Gasteiger charge is -2.15. The van der Waals surface area contributed by atoms with E-state index in [2.05, 4.69) is 11.6 Å². The molecule has 136 valence electrons. The highest BCUT2D eigenvalue weighted by molar-refractivity contribution is 7.92. The maximum atomic E-state index is 12.6. The quantitative estimate of drug-likeness (QED) is 0.762. The van der Waals surface area contributed by atoms with Crippen LogP contribution < -0.4 is 4.72 Å². The Morgan fingerprint density at radius 3 is 2.44 bits per heavy atom. The summed E-state index contributed by atoms with van der Waals surface area (Å²) in [7, 11) is -1.93. The van der Waals surface area contributed by atoms with Gasteiger partial charge in [-0.1, -0.05) is 25.5 Å². The van der Waals surface area contributed by atoms with E-state index in [-0.39, 0.29) is 17.2 Å². The molecule has 0 aliphatic rings. The first-order valence-electron chi connectivity index (χ1n) is 8.29. The highest BCUT2D eigenvalue weighted by atomic mass is 32.2. The van der Waals surface area contributed by atoms with Crippen LogP contribution in [-0.2, 0) is 27.7 Å². The molecule has 0 bridgehead atoms. The number of sulfonamides is 1. The van der Waals surface area contributed by atoms with Gasteiger partial charge in [-0.25, -0.2) is 8.42 Å². The number of rotatable bonds is 8. The lowest BCUT2D eigenvalue weighted by Crippen LogP contribution is -2.27. The first kappa shape index (κ1) is 19.5. The van der Waals surface area contributed by atoms with Gasteiger partial charge in [-0.3, -0.25) is 9.52 Å². The number of benzene rings is 1. The molecule has 25 heavy (non-hydrogen) atoms. The van der Waals surface area contributed by atoms with Gasteiger partial charge in [0.25, 0.3) is 10.0 Å². The Morgan fingerprint density at radius 2 is 1.84 bits per heavy atom. The minimum Gasteiger partial charge on any atom is -0.346 e. The molecule has 1 aromatic heterocycles. The largest absolute Gasteiger partial charge is 0.346 e. The summed E-state index contributed by atoms with van der Waals surface area (Å²) >= 11 is 1.38. The molecule has 0 saturated carbocycles. The maximum Gasteiger partial charge on any atom is 0.261 e. The van der Waals surface area contributed by atoms with E-state index in [1.807, 2.05) is 19.1 Å². The van der Waals surface area contributed by atoms with Crippen molar-refractivity contribution >= 4 is 33.0 Å². The van der Waals surface area contributed by atoms with E-state index in [0.717, 1.165) is 23.3 Å². The van der Waals surface area contributed by atoms with Gasteiger partial charge < -0.3 is 4.90 Å². The van der Waals surface area contributed by atoms with E-state index in [1.54, 1.807) is 35.5 Å². The molecule has 1 aromatic carbocycles. The average Bonchev–Trinajstić information content (AvgIpc) is 3.01. The topological polar surface area (TPSA) is 66.5 Å². The molecule has 0 atom stereocenters.